The van der Waals surface area contributed by atoms with Crippen molar-refractivity contribution in [3.05, 3.63) is 47.5 Å². The van der Waals surface area contributed by atoms with Crippen LogP contribution in [0.4, 0.5) is 4.53 Å². The highest BCUT2D eigenvalue weighted by atomic mass is 32.1. The molecule has 0 bridgehead atoms. The van der Waals surface area contributed by atoms with Crippen molar-refractivity contribution in [3.8, 4) is 11.1 Å². The third-order valence-corrected chi connectivity index (χ3v) is 3.65. The Morgan fingerprint density at radius 3 is 2.78 bits per heavy atom. The molecule has 0 unspecified atom stereocenters. The Labute approximate surface area is 106 Å². The molecule has 0 saturated heterocycles. The van der Waals surface area contributed by atoms with Crippen molar-refractivity contribution in [1.29, 1.82) is 0 Å². The summed E-state index contributed by atoms with van der Waals surface area (Å²) in [4.78, 5) is 18.0. The molecule has 0 aliphatic heterocycles. The van der Waals surface area contributed by atoms with E-state index in [1.807, 2.05) is 35.7 Å². The molecular weight excluding hydrogens is 253 g/mol. The SMILES string of the molecule is O=C(OF)c1cc2c(-c3ccccc3)csc2[nH]1. The fourth-order valence-electron chi connectivity index (χ4n) is 1.90. The Morgan fingerprint density at radius 2 is 2.06 bits per heavy atom. The van der Waals surface area contributed by atoms with Crippen LogP contribution in [0.25, 0.3) is 21.3 Å². The number of nitrogens with one attached hydrogen (secondary N) is 1. The number of thiophene rings is 1. The highest BCUT2D eigenvalue weighted by Crippen LogP contribution is 2.34. The van der Waals surface area contributed by atoms with Crippen LogP contribution in [0.3, 0.4) is 0 Å². The molecule has 1 N–H and O–H groups in total. The lowest BCUT2D eigenvalue weighted by Crippen LogP contribution is -1.97. The molecule has 0 aliphatic carbocycles. The molecule has 1 aromatic carbocycles. The van der Waals surface area contributed by atoms with Crippen LogP contribution in [0, 0.1) is 0 Å². The number of aromatic amines is 1. The molecule has 90 valence electrons. The number of fused-ring (bicyclic) bond motifs is 1. The second-order valence-electron chi connectivity index (χ2n) is 3.81. The molecule has 0 amide bonds. The van der Waals surface area contributed by atoms with Gasteiger partial charge in [0.2, 0.25) is 0 Å². The first kappa shape index (κ1) is 11.0. The van der Waals surface area contributed by atoms with Crippen LogP contribution in [-0.4, -0.2) is 11.0 Å². The van der Waals surface area contributed by atoms with Crippen molar-refractivity contribution in [1.82, 2.24) is 4.98 Å². The molecule has 3 nitrogen and oxygen atoms in total. The molecule has 3 rings (SSSR count). The standard InChI is InChI=1S/C13H8FNO2S/c14-17-13(16)11-6-9-10(7-18-12(9)15-11)8-4-2-1-3-5-8/h1-7,15H. The second-order valence-corrected chi connectivity index (χ2v) is 4.69. The number of benzene rings is 1. The molecule has 2 aromatic heterocycles. The van der Waals surface area contributed by atoms with E-state index in [-0.39, 0.29) is 5.69 Å². The fourth-order valence-corrected chi connectivity index (χ4v) is 2.87. The smallest absolute Gasteiger partial charge is 0.341 e. The van der Waals surface area contributed by atoms with Crippen molar-refractivity contribution in [2.75, 3.05) is 0 Å². The van der Waals surface area contributed by atoms with Gasteiger partial charge in [-0.15, -0.1) is 11.3 Å². The Hall–Kier alpha value is -2.14. The van der Waals surface area contributed by atoms with Crippen LogP contribution < -0.4 is 0 Å². The van der Waals surface area contributed by atoms with Crippen LogP contribution in [0.1, 0.15) is 10.5 Å². The van der Waals surface area contributed by atoms with Gasteiger partial charge in [-0.1, -0.05) is 30.3 Å². The lowest BCUT2D eigenvalue weighted by molar-refractivity contribution is -0.0792. The number of aromatic nitrogens is 1. The van der Waals surface area contributed by atoms with Gasteiger partial charge < -0.3 is 4.98 Å². The second kappa shape index (κ2) is 4.27. The van der Waals surface area contributed by atoms with Crippen LogP contribution in [0.5, 0.6) is 0 Å². The van der Waals surface area contributed by atoms with Gasteiger partial charge >= 0.3 is 5.97 Å². The minimum absolute atomic E-state index is 0.122. The number of hydrogen-bond donors (Lipinski definition) is 1. The lowest BCUT2D eigenvalue weighted by atomic mass is 10.1. The maximum Gasteiger partial charge on any atom is 0.395 e. The van der Waals surface area contributed by atoms with Gasteiger partial charge in [-0.2, -0.15) is 0 Å². The van der Waals surface area contributed by atoms with E-state index >= 15 is 0 Å². The molecule has 3 aromatic rings. The first-order valence-electron chi connectivity index (χ1n) is 5.28. The van der Waals surface area contributed by atoms with Crippen molar-refractivity contribution in [2.24, 2.45) is 0 Å². The van der Waals surface area contributed by atoms with Crippen molar-refractivity contribution in [3.63, 3.8) is 0 Å². The summed E-state index contributed by atoms with van der Waals surface area (Å²) in [5.74, 6) is -1.00. The molecular formula is C13H8FNO2S. The molecule has 0 aliphatic rings. The zero-order chi connectivity index (χ0) is 12.5. The summed E-state index contributed by atoms with van der Waals surface area (Å²) < 4.78 is 11.9. The maximum atomic E-state index is 11.9. The Balaban J connectivity index is 2.14. The summed E-state index contributed by atoms with van der Waals surface area (Å²) >= 11 is 1.47. The average molecular weight is 261 g/mol. The predicted octanol–water partition coefficient (Wildman–Crippen LogP) is 3.94. The lowest BCUT2D eigenvalue weighted by Gasteiger charge is -1.96. The molecule has 0 spiro atoms. The normalized spacial score (nSPS) is 10.7. The van der Waals surface area contributed by atoms with Gasteiger partial charge in [0.1, 0.15) is 10.5 Å². The Morgan fingerprint density at radius 1 is 1.28 bits per heavy atom. The topological polar surface area (TPSA) is 42.1 Å². The van der Waals surface area contributed by atoms with Gasteiger partial charge in [0.05, 0.1) is 0 Å². The van der Waals surface area contributed by atoms with E-state index in [0.29, 0.717) is 0 Å². The van der Waals surface area contributed by atoms with E-state index in [9.17, 15) is 9.32 Å². The summed E-state index contributed by atoms with van der Waals surface area (Å²) in [5, 5.41) is 2.90. The number of carbonyl (C=O) groups is 1. The van der Waals surface area contributed by atoms with E-state index in [0.717, 1.165) is 21.3 Å². The fraction of sp³-hybridized carbons (Fsp3) is 0. The Bertz CT molecular complexity index is 702. The summed E-state index contributed by atoms with van der Waals surface area (Å²) in [5.41, 5.74) is 2.20. The third kappa shape index (κ3) is 1.69. The summed E-state index contributed by atoms with van der Waals surface area (Å²) in [6.45, 7) is 0. The van der Waals surface area contributed by atoms with Crippen molar-refractivity contribution in [2.45, 2.75) is 0 Å². The van der Waals surface area contributed by atoms with E-state index in [1.165, 1.54) is 11.3 Å². The number of halogens is 1. The largest absolute Gasteiger partial charge is 0.395 e. The summed E-state index contributed by atoms with van der Waals surface area (Å²) in [6.07, 6.45) is 0. The molecule has 18 heavy (non-hydrogen) atoms. The molecule has 0 radical (unpaired) electrons. The Kier molecular flexibility index (Phi) is 2.60. The van der Waals surface area contributed by atoms with Crippen molar-refractivity contribution < 1.29 is 14.3 Å². The molecule has 0 fully saturated rings. The van der Waals surface area contributed by atoms with Crippen LogP contribution in [-0.2, 0) is 4.94 Å². The third-order valence-electron chi connectivity index (χ3n) is 2.74. The minimum atomic E-state index is -1.00. The molecule has 0 atom stereocenters. The number of H-pyrrole nitrogens is 1. The van der Waals surface area contributed by atoms with E-state index in [4.69, 9.17) is 0 Å². The van der Waals surface area contributed by atoms with Gasteiger partial charge in [-0.25, -0.2) is 9.74 Å². The summed E-state index contributed by atoms with van der Waals surface area (Å²) in [7, 11) is 0. The molecule has 0 saturated carbocycles. The zero-order valence-corrected chi connectivity index (χ0v) is 9.96. The van der Waals surface area contributed by atoms with Gasteiger partial charge in [0.25, 0.3) is 0 Å². The maximum absolute atomic E-state index is 11.9. The quantitative estimate of drug-likeness (QED) is 0.759. The van der Waals surface area contributed by atoms with Crippen LogP contribution in [0.15, 0.2) is 41.8 Å². The van der Waals surface area contributed by atoms with Crippen LogP contribution in [0.2, 0.25) is 0 Å². The summed E-state index contributed by atoms with van der Waals surface area (Å²) in [6, 6.07) is 11.4. The first-order chi connectivity index (χ1) is 8.79. The van der Waals surface area contributed by atoms with Gasteiger partial charge in [0.15, 0.2) is 0 Å². The van der Waals surface area contributed by atoms with Crippen LogP contribution >= 0.6 is 11.3 Å². The number of rotatable bonds is 2. The van der Waals surface area contributed by atoms with Crippen molar-refractivity contribution >= 4 is 27.5 Å². The van der Waals surface area contributed by atoms with E-state index in [1.54, 1.807) is 6.07 Å². The number of carbonyl (C=O) groups excluding carboxylic acids is 1. The predicted molar refractivity (Wildman–Crippen MR) is 68.1 cm³/mol. The van der Waals surface area contributed by atoms with Gasteiger partial charge in [0, 0.05) is 20.9 Å². The minimum Gasteiger partial charge on any atom is -0.341 e. The highest BCUT2D eigenvalue weighted by Gasteiger charge is 2.15. The number of hydrogen-bond acceptors (Lipinski definition) is 3. The average Bonchev–Trinajstić information content (AvgIpc) is 2.98. The van der Waals surface area contributed by atoms with E-state index < -0.39 is 5.97 Å². The highest BCUT2D eigenvalue weighted by molar-refractivity contribution is 7.17. The van der Waals surface area contributed by atoms with Gasteiger partial charge in [-0.3, -0.25) is 0 Å². The zero-order valence-electron chi connectivity index (χ0n) is 9.14. The first-order valence-corrected chi connectivity index (χ1v) is 6.16. The van der Waals surface area contributed by atoms with E-state index in [2.05, 4.69) is 9.93 Å². The monoisotopic (exact) mass is 261 g/mol. The molecule has 2 heterocycles. The molecule has 5 heteroatoms. The van der Waals surface area contributed by atoms with Gasteiger partial charge in [-0.05, 0) is 11.6 Å².